The maximum absolute atomic E-state index is 12.1. The van der Waals surface area contributed by atoms with Gasteiger partial charge in [-0.3, -0.25) is 9.59 Å². The highest BCUT2D eigenvalue weighted by Gasteiger charge is 2.26. The van der Waals surface area contributed by atoms with E-state index in [9.17, 15) is 14.4 Å². The number of carboxylic acid groups (broad SMARTS) is 1. The van der Waals surface area contributed by atoms with Gasteiger partial charge in [0.05, 0.1) is 5.92 Å². The predicted molar refractivity (Wildman–Crippen MR) is 99.4 cm³/mol. The zero-order valence-corrected chi connectivity index (χ0v) is 15.7. The van der Waals surface area contributed by atoms with Gasteiger partial charge in [-0.15, -0.1) is 0 Å². The minimum atomic E-state index is -0.757. The van der Waals surface area contributed by atoms with Crippen LogP contribution in [-0.4, -0.2) is 54.7 Å². The second-order valence-electron chi connectivity index (χ2n) is 6.94. The summed E-state index contributed by atoms with van der Waals surface area (Å²) < 4.78 is 5.46. The van der Waals surface area contributed by atoms with Crippen LogP contribution in [0.4, 0.5) is 4.79 Å². The van der Waals surface area contributed by atoms with Gasteiger partial charge in [-0.05, 0) is 43.4 Å². The lowest BCUT2D eigenvalue weighted by Gasteiger charge is -2.26. The smallest absolute Gasteiger partial charge is 0.315 e. The number of amides is 3. The molecule has 148 valence electrons. The van der Waals surface area contributed by atoms with Crippen molar-refractivity contribution < 1.29 is 24.2 Å². The van der Waals surface area contributed by atoms with Gasteiger partial charge in [0.25, 0.3) is 5.91 Å². The van der Waals surface area contributed by atoms with E-state index < -0.39 is 5.97 Å². The van der Waals surface area contributed by atoms with Crippen molar-refractivity contribution in [2.45, 2.75) is 38.3 Å². The second kappa shape index (κ2) is 9.80. The van der Waals surface area contributed by atoms with Crippen LogP contribution in [0.2, 0.25) is 0 Å². The van der Waals surface area contributed by atoms with Crippen molar-refractivity contribution in [2.75, 3.05) is 20.7 Å². The van der Waals surface area contributed by atoms with Gasteiger partial charge >= 0.3 is 12.0 Å². The lowest BCUT2D eigenvalue weighted by atomic mass is 9.86. The molecule has 0 atom stereocenters. The first-order valence-corrected chi connectivity index (χ1v) is 9.04. The fraction of sp³-hybridized carbons (Fsp3) is 0.526. The van der Waals surface area contributed by atoms with Gasteiger partial charge in [-0.2, -0.15) is 0 Å². The van der Waals surface area contributed by atoms with E-state index in [1.165, 1.54) is 4.90 Å². The molecule has 3 amide bonds. The zero-order valence-electron chi connectivity index (χ0n) is 15.7. The summed E-state index contributed by atoms with van der Waals surface area (Å²) in [4.78, 5) is 36.0. The molecule has 0 radical (unpaired) electrons. The number of hydrogen-bond donors (Lipinski definition) is 3. The minimum absolute atomic E-state index is 0.00677. The van der Waals surface area contributed by atoms with Crippen LogP contribution < -0.4 is 15.4 Å². The number of urea groups is 1. The maximum atomic E-state index is 12.1. The molecule has 1 aliphatic carbocycles. The van der Waals surface area contributed by atoms with E-state index in [0.29, 0.717) is 38.0 Å². The van der Waals surface area contributed by atoms with Crippen LogP contribution >= 0.6 is 0 Å². The lowest BCUT2D eigenvalue weighted by molar-refractivity contribution is -0.142. The van der Waals surface area contributed by atoms with Crippen molar-refractivity contribution in [1.82, 2.24) is 15.5 Å². The van der Waals surface area contributed by atoms with Gasteiger partial charge in [0.15, 0.2) is 6.61 Å². The fourth-order valence-corrected chi connectivity index (χ4v) is 2.92. The van der Waals surface area contributed by atoms with Gasteiger partial charge in [0.2, 0.25) is 0 Å². The predicted octanol–water partition coefficient (Wildman–Crippen LogP) is 1.60. The number of rotatable bonds is 7. The monoisotopic (exact) mass is 377 g/mol. The summed E-state index contributed by atoms with van der Waals surface area (Å²) in [6, 6.07) is 6.93. The Morgan fingerprint density at radius 3 is 2.52 bits per heavy atom. The van der Waals surface area contributed by atoms with Crippen LogP contribution in [0.3, 0.4) is 0 Å². The number of hydrogen-bond acceptors (Lipinski definition) is 4. The first-order valence-electron chi connectivity index (χ1n) is 9.04. The van der Waals surface area contributed by atoms with Crippen LogP contribution in [-0.2, 0) is 16.1 Å². The molecule has 3 N–H and O–H groups in total. The Bertz CT molecular complexity index is 669. The van der Waals surface area contributed by atoms with Crippen molar-refractivity contribution in [1.29, 1.82) is 0 Å². The summed E-state index contributed by atoms with van der Waals surface area (Å²) in [5.41, 5.74) is 0.856. The first kappa shape index (κ1) is 20.5. The molecule has 2 rings (SSSR count). The molecule has 0 saturated heterocycles. The summed E-state index contributed by atoms with van der Waals surface area (Å²) in [5, 5.41) is 14.7. The van der Waals surface area contributed by atoms with E-state index in [4.69, 9.17) is 9.84 Å². The van der Waals surface area contributed by atoms with E-state index in [-0.39, 0.29) is 30.5 Å². The molecular formula is C19H27N3O5. The lowest BCUT2D eigenvalue weighted by Crippen LogP contribution is -2.43. The number of carboxylic acids is 1. The Labute approximate surface area is 158 Å². The van der Waals surface area contributed by atoms with Gasteiger partial charge in [-0.25, -0.2) is 4.79 Å². The van der Waals surface area contributed by atoms with Gasteiger partial charge in [0, 0.05) is 26.7 Å². The highest BCUT2D eigenvalue weighted by molar-refractivity contribution is 5.77. The molecule has 0 heterocycles. The Balaban J connectivity index is 1.74. The Morgan fingerprint density at radius 2 is 1.89 bits per heavy atom. The first-order chi connectivity index (χ1) is 12.8. The molecular weight excluding hydrogens is 350 g/mol. The topological polar surface area (TPSA) is 108 Å². The Kier molecular flexibility index (Phi) is 7.45. The molecule has 0 spiro atoms. The number of carbonyl (C=O) groups excluding carboxylic acids is 2. The molecule has 0 unspecified atom stereocenters. The van der Waals surface area contributed by atoms with E-state index in [1.807, 2.05) is 6.07 Å². The number of carbonyl (C=O) groups is 3. The molecule has 1 aromatic rings. The zero-order chi connectivity index (χ0) is 19.8. The van der Waals surface area contributed by atoms with Crippen molar-refractivity contribution in [3.8, 4) is 5.75 Å². The normalized spacial score (nSPS) is 19.0. The van der Waals surface area contributed by atoms with Gasteiger partial charge in [0.1, 0.15) is 5.75 Å². The van der Waals surface area contributed by atoms with Crippen LogP contribution in [0, 0.1) is 5.92 Å². The molecule has 0 aromatic heterocycles. The summed E-state index contributed by atoms with van der Waals surface area (Å²) in [6.07, 6.45) is 2.53. The Morgan fingerprint density at radius 1 is 1.19 bits per heavy atom. The van der Waals surface area contributed by atoms with E-state index in [0.717, 1.165) is 5.56 Å². The molecule has 8 nitrogen and oxygen atoms in total. The SMILES string of the molecule is CN(C)C(=O)COc1cccc(CNC(=O)NC2CCC(C(=O)O)CC2)c1. The number of aliphatic carboxylic acids is 1. The third-order valence-electron chi connectivity index (χ3n) is 4.62. The largest absolute Gasteiger partial charge is 0.484 e. The summed E-state index contributed by atoms with van der Waals surface area (Å²) in [7, 11) is 3.33. The molecule has 0 aliphatic heterocycles. The van der Waals surface area contributed by atoms with E-state index in [2.05, 4.69) is 10.6 Å². The average molecular weight is 377 g/mol. The quantitative estimate of drug-likeness (QED) is 0.669. The van der Waals surface area contributed by atoms with Crippen molar-refractivity contribution >= 4 is 17.9 Å². The molecule has 8 heteroatoms. The number of likely N-dealkylation sites (N-methyl/N-ethyl adjacent to an activating group) is 1. The van der Waals surface area contributed by atoms with Crippen LogP contribution in [0.25, 0.3) is 0 Å². The second-order valence-corrected chi connectivity index (χ2v) is 6.94. The van der Waals surface area contributed by atoms with Crippen molar-refractivity contribution in [3.05, 3.63) is 29.8 Å². The molecule has 1 aromatic carbocycles. The van der Waals surface area contributed by atoms with Gasteiger partial charge < -0.3 is 25.4 Å². The Hall–Kier alpha value is -2.77. The van der Waals surface area contributed by atoms with Crippen molar-refractivity contribution in [3.63, 3.8) is 0 Å². The van der Waals surface area contributed by atoms with E-state index in [1.54, 1.807) is 32.3 Å². The highest BCUT2D eigenvalue weighted by Crippen LogP contribution is 2.24. The highest BCUT2D eigenvalue weighted by atomic mass is 16.5. The molecule has 1 saturated carbocycles. The molecule has 1 fully saturated rings. The third-order valence-corrected chi connectivity index (χ3v) is 4.62. The summed E-state index contributed by atoms with van der Waals surface area (Å²) >= 11 is 0. The summed E-state index contributed by atoms with van der Waals surface area (Å²) in [5.74, 6) is -0.618. The number of ether oxygens (including phenoxy) is 1. The number of benzene rings is 1. The molecule has 0 bridgehead atoms. The van der Waals surface area contributed by atoms with E-state index >= 15 is 0 Å². The number of nitrogens with one attached hydrogen (secondary N) is 2. The maximum Gasteiger partial charge on any atom is 0.315 e. The van der Waals surface area contributed by atoms with Crippen LogP contribution in [0.15, 0.2) is 24.3 Å². The fourth-order valence-electron chi connectivity index (χ4n) is 2.92. The average Bonchev–Trinajstić information content (AvgIpc) is 2.65. The number of nitrogens with zero attached hydrogens (tertiary/aromatic N) is 1. The molecule has 1 aliphatic rings. The third kappa shape index (κ3) is 6.80. The van der Waals surface area contributed by atoms with Gasteiger partial charge in [-0.1, -0.05) is 12.1 Å². The van der Waals surface area contributed by atoms with Crippen molar-refractivity contribution in [2.24, 2.45) is 5.92 Å². The van der Waals surface area contributed by atoms with Crippen LogP contribution in [0.1, 0.15) is 31.2 Å². The van der Waals surface area contributed by atoms with Crippen LogP contribution in [0.5, 0.6) is 5.75 Å². The molecule has 27 heavy (non-hydrogen) atoms. The minimum Gasteiger partial charge on any atom is -0.484 e. The standard InChI is InChI=1S/C19H27N3O5/c1-22(2)17(23)12-27-16-5-3-4-13(10-16)11-20-19(26)21-15-8-6-14(7-9-15)18(24)25/h3-5,10,14-15H,6-9,11-12H2,1-2H3,(H,24,25)(H2,20,21,26). The summed E-state index contributed by atoms with van der Waals surface area (Å²) in [6.45, 7) is 0.290.